The fourth-order valence-corrected chi connectivity index (χ4v) is 2.25. The van der Waals surface area contributed by atoms with Gasteiger partial charge in [-0.2, -0.15) is 12.6 Å². The molecule has 0 saturated carbocycles. The second-order valence-electron chi connectivity index (χ2n) is 4.58. The average molecular weight is 287 g/mol. The zero-order valence-electron chi connectivity index (χ0n) is 11.0. The first-order valence-electron chi connectivity index (χ1n) is 6.44. The van der Waals surface area contributed by atoms with Crippen molar-refractivity contribution in [2.45, 2.75) is 6.42 Å². The number of phenolic OH excluding ortho intramolecular Hbond substituents is 1. The van der Waals surface area contributed by atoms with Crippen LogP contribution < -0.4 is 5.32 Å². The van der Waals surface area contributed by atoms with E-state index >= 15 is 0 Å². The first-order valence-corrected chi connectivity index (χ1v) is 7.07. The van der Waals surface area contributed by atoms with Gasteiger partial charge in [0.1, 0.15) is 5.75 Å². The predicted octanol–water partition coefficient (Wildman–Crippen LogP) is 3.12. The number of anilines is 1. The lowest BCUT2D eigenvalue weighted by atomic mass is 10.00. The normalized spacial score (nSPS) is 11.8. The molecule has 2 aromatic carbocycles. The van der Waals surface area contributed by atoms with Crippen LogP contribution in [0, 0.1) is 5.92 Å². The second-order valence-corrected chi connectivity index (χ2v) is 4.94. The Kier molecular flexibility index (Phi) is 5.07. The van der Waals surface area contributed by atoms with Crippen LogP contribution in [0.25, 0.3) is 0 Å². The molecule has 0 aliphatic heterocycles. The molecule has 0 bridgehead atoms. The molecule has 1 atom stereocenters. The lowest BCUT2D eigenvalue weighted by Gasteiger charge is -2.15. The third kappa shape index (κ3) is 3.78. The number of carbonyl (C=O) groups excluding carboxylic acids is 1. The molecule has 2 aromatic rings. The Morgan fingerprint density at radius 1 is 1.10 bits per heavy atom. The third-order valence-corrected chi connectivity index (χ3v) is 3.52. The number of carbonyl (C=O) groups is 1. The monoisotopic (exact) mass is 287 g/mol. The molecule has 4 heteroatoms. The molecule has 1 unspecified atom stereocenters. The first-order chi connectivity index (χ1) is 9.70. The summed E-state index contributed by atoms with van der Waals surface area (Å²) in [5.74, 6) is 0.151. The van der Waals surface area contributed by atoms with Crippen molar-refractivity contribution in [3.63, 3.8) is 0 Å². The molecule has 0 spiro atoms. The van der Waals surface area contributed by atoms with E-state index in [9.17, 15) is 9.90 Å². The van der Waals surface area contributed by atoms with Crippen LogP contribution in [0.15, 0.2) is 54.6 Å². The number of thiol groups is 1. The highest BCUT2D eigenvalue weighted by atomic mass is 32.1. The largest absolute Gasteiger partial charge is 0.506 e. The van der Waals surface area contributed by atoms with E-state index < -0.39 is 0 Å². The average Bonchev–Trinajstić information content (AvgIpc) is 2.48. The SMILES string of the molecule is O=C(Nc1ccccc1O)C(CS)Cc1ccccc1. The van der Waals surface area contributed by atoms with Gasteiger partial charge in [0.2, 0.25) is 5.91 Å². The van der Waals surface area contributed by atoms with Gasteiger partial charge in [0.25, 0.3) is 0 Å². The molecule has 0 radical (unpaired) electrons. The summed E-state index contributed by atoms with van der Waals surface area (Å²) < 4.78 is 0. The van der Waals surface area contributed by atoms with Gasteiger partial charge in [-0.05, 0) is 24.1 Å². The van der Waals surface area contributed by atoms with E-state index in [1.54, 1.807) is 24.3 Å². The van der Waals surface area contributed by atoms with Crippen molar-refractivity contribution < 1.29 is 9.90 Å². The molecule has 0 heterocycles. The number of para-hydroxylation sites is 2. The summed E-state index contributed by atoms with van der Waals surface area (Å²) >= 11 is 4.25. The van der Waals surface area contributed by atoms with E-state index in [0.717, 1.165) is 5.56 Å². The molecular weight excluding hydrogens is 270 g/mol. The van der Waals surface area contributed by atoms with Crippen LogP contribution in [0.4, 0.5) is 5.69 Å². The minimum atomic E-state index is -0.236. The minimum Gasteiger partial charge on any atom is -0.506 e. The maximum absolute atomic E-state index is 12.2. The summed E-state index contributed by atoms with van der Waals surface area (Å²) in [6.45, 7) is 0. The lowest BCUT2D eigenvalue weighted by molar-refractivity contribution is -0.119. The van der Waals surface area contributed by atoms with Gasteiger partial charge in [0.15, 0.2) is 0 Å². The van der Waals surface area contributed by atoms with Crippen LogP contribution in [0.2, 0.25) is 0 Å². The van der Waals surface area contributed by atoms with Gasteiger partial charge in [-0.15, -0.1) is 0 Å². The van der Waals surface area contributed by atoms with Gasteiger partial charge < -0.3 is 10.4 Å². The predicted molar refractivity (Wildman–Crippen MR) is 84.2 cm³/mol. The van der Waals surface area contributed by atoms with Crippen LogP contribution in [-0.2, 0) is 11.2 Å². The van der Waals surface area contributed by atoms with E-state index in [-0.39, 0.29) is 17.6 Å². The number of hydrogen-bond donors (Lipinski definition) is 3. The number of hydrogen-bond acceptors (Lipinski definition) is 3. The number of amides is 1. The summed E-state index contributed by atoms with van der Waals surface area (Å²) in [5, 5.41) is 12.4. The number of rotatable bonds is 5. The van der Waals surface area contributed by atoms with Crippen molar-refractivity contribution >= 4 is 24.2 Å². The maximum Gasteiger partial charge on any atom is 0.228 e. The number of benzene rings is 2. The fourth-order valence-electron chi connectivity index (χ4n) is 1.95. The quantitative estimate of drug-likeness (QED) is 0.584. The number of nitrogens with one attached hydrogen (secondary N) is 1. The van der Waals surface area contributed by atoms with Crippen LogP contribution in [0.3, 0.4) is 0 Å². The summed E-state index contributed by atoms with van der Waals surface area (Å²) in [6, 6.07) is 16.5. The summed E-state index contributed by atoms with van der Waals surface area (Å²) in [7, 11) is 0. The van der Waals surface area contributed by atoms with Crippen molar-refractivity contribution in [1.82, 2.24) is 0 Å². The molecule has 0 saturated heterocycles. The first kappa shape index (κ1) is 14.5. The van der Waals surface area contributed by atoms with Crippen molar-refractivity contribution in [3.05, 3.63) is 60.2 Å². The fraction of sp³-hybridized carbons (Fsp3) is 0.188. The van der Waals surface area contributed by atoms with Crippen LogP contribution >= 0.6 is 12.6 Å². The maximum atomic E-state index is 12.2. The smallest absolute Gasteiger partial charge is 0.228 e. The van der Waals surface area contributed by atoms with E-state index in [2.05, 4.69) is 17.9 Å². The summed E-state index contributed by atoms with van der Waals surface area (Å²) in [6.07, 6.45) is 0.629. The highest BCUT2D eigenvalue weighted by molar-refractivity contribution is 7.80. The molecule has 104 valence electrons. The third-order valence-electron chi connectivity index (χ3n) is 3.08. The molecular formula is C16H17NO2S. The zero-order chi connectivity index (χ0) is 14.4. The van der Waals surface area contributed by atoms with Gasteiger partial charge >= 0.3 is 0 Å². The van der Waals surface area contributed by atoms with Gasteiger partial charge in [0.05, 0.1) is 11.6 Å². The number of phenols is 1. The lowest BCUT2D eigenvalue weighted by Crippen LogP contribution is -2.26. The van der Waals surface area contributed by atoms with Crippen LogP contribution in [0.1, 0.15) is 5.56 Å². The molecule has 0 aliphatic carbocycles. The molecule has 0 aliphatic rings. The van der Waals surface area contributed by atoms with Crippen LogP contribution in [-0.4, -0.2) is 16.8 Å². The van der Waals surface area contributed by atoms with Crippen molar-refractivity contribution in [2.24, 2.45) is 5.92 Å². The van der Waals surface area contributed by atoms with Gasteiger partial charge in [0, 0.05) is 5.75 Å². The van der Waals surface area contributed by atoms with E-state index in [4.69, 9.17) is 0 Å². The standard InChI is InChI=1S/C16H17NO2S/c18-15-9-5-4-8-14(15)17-16(19)13(11-20)10-12-6-2-1-3-7-12/h1-9,13,18,20H,10-11H2,(H,17,19). The van der Waals surface area contributed by atoms with Gasteiger partial charge in [-0.3, -0.25) is 4.79 Å². The van der Waals surface area contributed by atoms with Crippen molar-refractivity contribution in [1.29, 1.82) is 0 Å². The molecule has 1 amide bonds. The zero-order valence-corrected chi connectivity index (χ0v) is 11.9. The van der Waals surface area contributed by atoms with Gasteiger partial charge in [-0.1, -0.05) is 42.5 Å². The molecule has 0 aromatic heterocycles. The topological polar surface area (TPSA) is 49.3 Å². The Morgan fingerprint density at radius 2 is 1.75 bits per heavy atom. The molecule has 2 rings (SSSR count). The highest BCUT2D eigenvalue weighted by Gasteiger charge is 2.18. The summed E-state index contributed by atoms with van der Waals surface area (Å²) in [5.41, 5.74) is 1.52. The van der Waals surface area contributed by atoms with E-state index in [0.29, 0.717) is 17.9 Å². The molecule has 3 nitrogen and oxygen atoms in total. The van der Waals surface area contributed by atoms with Crippen molar-refractivity contribution in [2.75, 3.05) is 11.1 Å². The Balaban J connectivity index is 2.04. The Bertz CT molecular complexity index is 572. The molecule has 20 heavy (non-hydrogen) atoms. The van der Waals surface area contributed by atoms with E-state index in [1.807, 2.05) is 30.3 Å². The molecule has 2 N–H and O–H groups in total. The van der Waals surface area contributed by atoms with Gasteiger partial charge in [-0.25, -0.2) is 0 Å². The highest BCUT2D eigenvalue weighted by Crippen LogP contribution is 2.23. The summed E-state index contributed by atoms with van der Waals surface area (Å²) in [4.78, 5) is 12.2. The van der Waals surface area contributed by atoms with Crippen LogP contribution in [0.5, 0.6) is 5.75 Å². The van der Waals surface area contributed by atoms with E-state index in [1.165, 1.54) is 0 Å². The number of aromatic hydroxyl groups is 1. The Hall–Kier alpha value is -1.94. The second kappa shape index (κ2) is 7.01. The minimum absolute atomic E-state index is 0.0680. The molecule has 0 fully saturated rings. The Morgan fingerprint density at radius 3 is 2.40 bits per heavy atom. The van der Waals surface area contributed by atoms with Crippen molar-refractivity contribution in [3.8, 4) is 5.75 Å². The Labute approximate surface area is 124 Å².